The van der Waals surface area contributed by atoms with Gasteiger partial charge in [0, 0.05) is 0 Å². The third kappa shape index (κ3) is 3.64. The molecular weight excluding hydrogens is 336 g/mol. The van der Waals surface area contributed by atoms with Gasteiger partial charge in [-0.05, 0) is 50.1 Å². The number of ether oxygens (including phenoxy) is 2. The summed E-state index contributed by atoms with van der Waals surface area (Å²) in [7, 11) is 0. The number of fused-ring (bicyclic) bond motifs is 1. The second-order valence-corrected chi connectivity index (χ2v) is 6.08. The summed E-state index contributed by atoms with van der Waals surface area (Å²) in [4.78, 5) is 24.8. The van der Waals surface area contributed by atoms with Gasteiger partial charge in [0.25, 0.3) is 0 Å². The maximum absolute atomic E-state index is 13.0. The minimum atomic E-state index is -0.563. The molecule has 0 unspecified atom stereocenters. The standard InChI is InChI=1S/C20H20O6/c1-4-13-7-8-15-14(10-13)18(22)20(24-11-17(21)25-12(2)3)19(26-15)16-6-5-9-23-16/h5-10,12H,4,11H2,1-3H3. The predicted molar refractivity (Wildman–Crippen MR) is 96.3 cm³/mol. The Labute approximate surface area is 150 Å². The number of hydrogen-bond acceptors (Lipinski definition) is 6. The van der Waals surface area contributed by atoms with E-state index in [2.05, 4.69) is 0 Å². The maximum Gasteiger partial charge on any atom is 0.344 e. The van der Waals surface area contributed by atoms with Crippen LogP contribution in [0.4, 0.5) is 0 Å². The SMILES string of the molecule is CCc1ccc2oc(-c3ccco3)c(OCC(=O)OC(C)C)c(=O)c2c1. The van der Waals surface area contributed by atoms with E-state index >= 15 is 0 Å². The predicted octanol–water partition coefficient (Wildman–Crippen LogP) is 3.95. The normalized spacial score (nSPS) is 11.1. The number of hydrogen-bond donors (Lipinski definition) is 0. The van der Waals surface area contributed by atoms with Crippen molar-refractivity contribution in [3.63, 3.8) is 0 Å². The van der Waals surface area contributed by atoms with Crippen LogP contribution >= 0.6 is 0 Å². The van der Waals surface area contributed by atoms with Crippen LogP contribution in [0, 0.1) is 0 Å². The Bertz CT molecular complexity index is 966. The van der Waals surface area contributed by atoms with Crippen molar-refractivity contribution in [2.24, 2.45) is 0 Å². The molecule has 0 aliphatic carbocycles. The zero-order chi connectivity index (χ0) is 18.7. The number of furan rings is 1. The number of esters is 1. The van der Waals surface area contributed by atoms with Crippen molar-refractivity contribution in [2.75, 3.05) is 6.61 Å². The molecule has 6 heteroatoms. The first-order chi connectivity index (χ1) is 12.5. The summed E-state index contributed by atoms with van der Waals surface area (Å²) in [6, 6.07) is 8.75. The van der Waals surface area contributed by atoms with Crippen LogP contribution in [0.5, 0.6) is 5.75 Å². The van der Waals surface area contributed by atoms with Crippen molar-refractivity contribution in [3.8, 4) is 17.3 Å². The molecule has 0 radical (unpaired) electrons. The zero-order valence-electron chi connectivity index (χ0n) is 14.9. The summed E-state index contributed by atoms with van der Waals surface area (Å²) < 4.78 is 21.8. The van der Waals surface area contributed by atoms with Crippen molar-refractivity contribution in [2.45, 2.75) is 33.3 Å². The molecule has 0 fully saturated rings. The quantitative estimate of drug-likeness (QED) is 0.622. The van der Waals surface area contributed by atoms with Crippen LogP contribution in [0.2, 0.25) is 0 Å². The van der Waals surface area contributed by atoms with Crippen LogP contribution in [0.3, 0.4) is 0 Å². The Kier molecular flexibility index (Phi) is 5.11. The third-order valence-corrected chi connectivity index (χ3v) is 3.77. The molecule has 2 heterocycles. The molecule has 3 rings (SSSR count). The summed E-state index contributed by atoms with van der Waals surface area (Å²) in [6.07, 6.45) is 1.98. The third-order valence-electron chi connectivity index (χ3n) is 3.77. The van der Waals surface area contributed by atoms with Crippen molar-refractivity contribution in [1.29, 1.82) is 0 Å². The number of aryl methyl sites for hydroxylation is 1. The Morgan fingerprint density at radius 1 is 1.23 bits per heavy atom. The molecule has 136 valence electrons. The van der Waals surface area contributed by atoms with Gasteiger partial charge in [-0.2, -0.15) is 0 Å². The minimum Gasteiger partial charge on any atom is -0.474 e. The molecule has 0 aliphatic heterocycles. The largest absolute Gasteiger partial charge is 0.474 e. The van der Waals surface area contributed by atoms with Crippen LogP contribution in [-0.2, 0) is 16.0 Å². The Hall–Kier alpha value is -3.02. The van der Waals surface area contributed by atoms with Crippen LogP contribution in [0.1, 0.15) is 26.3 Å². The van der Waals surface area contributed by atoms with Gasteiger partial charge in [-0.3, -0.25) is 4.79 Å². The molecule has 0 spiro atoms. The first-order valence-corrected chi connectivity index (χ1v) is 8.45. The lowest BCUT2D eigenvalue weighted by atomic mass is 10.1. The van der Waals surface area contributed by atoms with E-state index in [9.17, 15) is 9.59 Å². The average molecular weight is 356 g/mol. The van der Waals surface area contributed by atoms with Gasteiger partial charge in [-0.15, -0.1) is 0 Å². The van der Waals surface area contributed by atoms with Gasteiger partial charge in [-0.25, -0.2) is 4.79 Å². The van der Waals surface area contributed by atoms with Gasteiger partial charge >= 0.3 is 5.97 Å². The molecule has 0 saturated heterocycles. The second kappa shape index (κ2) is 7.47. The average Bonchev–Trinajstić information content (AvgIpc) is 3.14. The van der Waals surface area contributed by atoms with E-state index in [1.54, 1.807) is 38.1 Å². The molecule has 0 saturated carbocycles. The Morgan fingerprint density at radius 3 is 2.69 bits per heavy atom. The molecule has 0 bridgehead atoms. The molecule has 0 N–H and O–H groups in total. The summed E-state index contributed by atoms with van der Waals surface area (Å²) in [5.41, 5.74) is 1.07. The van der Waals surface area contributed by atoms with Crippen molar-refractivity contribution >= 4 is 16.9 Å². The van der Waals surface area contributed by atoms with Crippen molar-refractivity contribution < 1.29 is 23.1 Å². The van der Waals surface area contributed by atoms with Gasteiger partial charge < -0.3 is 18.3 Å². The zero-order valence-corrected chi connectivity index (χ0v) is 14.9. The highest BCUT2D eigenvalue weighted by Gasteiger charge is 2.21. The van der Waals surface area contributed by atoms with E-state index in [1.807, 2.05) is 13.0 Å². The molecule has 2 aromatic heterocycles. The summed E-state index contributed by atoms with van der Waals surface area (Å²) in [5.74, 6) is -0.140. The number of rotatable bonds is 6. The van der Waals surface area contributed by atoms with E-state index in [0.717, 1.165) is 12.0 Å². The fourth-order valence-corrected chi connectivity index (χ4v) is 2.57. The maximum atomic E-state index is 13.0. The van der Waals surface area contributed by atoms with Gasteiger partial charge in [0.15, 0.2) is 12.4 Å². The highest BCUT2D eigenvalue weighted by atomic mass is 16.6. The molecule has 0 aliphatic rings. The molecule has 3 aromatic rings. The lowest BCUT2D eigenvalue weighted by Crippen LogP contribution is -2.21. The monoisotopic (exact) mass is 356 g/mol. The number of benzene rings is 1. The topological polar surface area (TPSA) is 78.9 Å². The van der Waals surface area contributed by atoms with Crippen molar-refractivity contribution in [3.05, 3.63) is 52.4 Å². The van der Waals surface area contributed by atoms with Gasteiger partial charge in [0.1, 0.15) is 5.58 Å². The first kappa shape index (κ1) is 17.8. The van der Waals surface area contributed by atoms with Crippen molar-refractivity contribution in [1.82, 2.24) is 0 Å². The fraction of sp³-hybridized carbons (Fsp3) is 0.300. The molecule has 0 atom stereocenters. The lowest BCUT2D eigenvalue weighted by molar-refractivity contribution is -0.149. The van der Waals surface area contributed by atoms with E-state index < -0.39 is 12.6 Å². The molecule has 1 aromatic carbocycles. The van der Waals surface area contributed by atoms with Gasteiger partial charge in [-0.1, -0.05) is 13.0 Å². The molecular formula is C20H20O6. The highest BCUT2D eigenvalue weighted by molar-refractivity contribution is 5.82. The van der Waals surface area contributed by atoms with Crippen LogP contribution < -0.4 is 10.2 Å². The Morgan fingerprint density at radius 2 is 2.04 bits per heavy atom. The summed E-state index contributed by atoms with van der Waals surface area (Å²) in [6.45, 7) is 5.08. The van der Waals surface area contributed by atoms with E-state index in [-0.39, 0.29) is 23.0 Å². The Balaban J connectivity index is 2.08. The smallest absolute Gasteiger partial charge is 0.344 e. The van der Waals surface area contributed by atoms with Crippen LogP contribution in [0.25, 0.3) is 22.5 Å². The molecule has 0 amide bonds. The summed E-state index contributed by atoms with van der Waals surface area (Å²) in [5, 5.41) is 0.395. The fourth-order valence-electron chi connectivity index (χ4n) is 2.57. The van der Waals surface area contributed by atoms with E-state index in [1.165, 1.54) is 6.26 Å². The van der Waals surface area contributed by atoms with Gasteiger partial charge in [0.2, 0.25) is 16.9 Å². The minimum absolute atomic E-state index is 0.0681. The number of carbonyl (C=O) groups excluding carboxylic acids is 1. The lowest BCUT2D eigenvalue weighted by Gasteiger charge is -2.11. The second-order valence-electron chi connectivity index (χ2n) is 6.08. The van der Waals surface area contributed by atoms with Gasteiger partial charge in [0.05, 0.1) is 17.8 Å². The number of carbonyl (C=O) groups is 1. The van der Waals surface area contributed by atoms with E-state index in [4.69, 9.17) is 18.3 Å². The van der Waals surface area contributed by atoms with Crippen LogP contribution in [0.15, 0.2) is 50.2 Å². The van der Waals surface area contributed by atoms with E-state index in [0.29, 0.717) is 16.7 Å². The van der Waals surface area contributed by atoms with Crippen LogP contribution in [-0.4, -0.2) is 18.7 Å². The first-order valence-electron chi connectivity index (χ1n) is 8.45. The summed E-state index contributed by atoms with van der Waals surface area (Å²) >= 11 is 0. The molecule has 26 heavy (non-hydrogen) atoms. The molecule has 6 nitrogen and oxygen atoms in total. The highest BCUT2D eigenvalue weighted by Crippen LogP contribution is 2.31.